The van der Waals surface area contributed by atoms with Crippen molar-refractivity contribution in [3.8, 4) is 5.75 Å². The van der Waals surface area contributed by atoms with Gasteiger partial charge in [0.1, 0.15) is 24.1 Å². The highest BCUT2D eigenvalue weighted by Gasteiger charge is 2.26. The number of alkyl carbamates (subject to hydrolysis) is 1. The Hall–Kier alpha value is -4.20. The zero-order valence-corrected chi connectivity index (χ0v) is 19.9. The van der Waals surface area contributed by atoms with Crippen LogP contribution in [0.15, 0.2) is 72.9 Å². The zero-order valence-electron chi connectivity index (χ0n) is 19.9. The Morgan fingerprint density at radius 2 is 1.69 bits per heavy atom. The number of hydrogen-bond acceptors (Lipinski definition) is 6. The number of nitrogens with one attached hydrogen (secondary N) is 2. The van der Waals surface area contributed by atoms with Crippen molar-refractivity contribution in [2.45, 2.75) is 45.3 Å². The standard InChI is InChI=1S/C27H29N3O5/c1-27(2,3)20-15-19(12-13-23(20)31)16-22(25(33)30-24(32)21-11-7-8-14-28-21)29-26(34)35-17-18-9-5-4-6-10-18/h4-15,22,31H,16-17H2,1-3H3,(H,29,34)(H,30,32,33)/t22-/m0/s1. The molecule has 0 unspecified atom stereocenters. The first-order valence-electron chi connectivity index (χ1n) is 11.2. The number of carbonyl (C=O) groups is 3. The van der Waals surface area contributed by atoms with Crippen LogP contribution in [-0.2, 0) is 28.0 Å². The molecule has 8 heteroatoms. The Bertz CT molecular complexity index is 1170. The second kappa shape index (κ2) is 11.3. The minimum Gasteiger partial charge on any atom is -0.508 e. The van der Waals surface area contributed by atoms with Crippen molar-refractivity contribution in [1.82, 2.24) is 15.6 Å². The van der Waals surface area contributed by atoms with Gasteiger partial charge in [-0.1, -0.05) is 69.3 Å². The highest BCUT2D eigenvalue weighted by atomic mass is 16.5. The molecule has 0 aliphatic heterocycles. The van der Waals surface area contributed by atoms with Crippen LogP contribution < -0.4 is 10.6 Å². The molecule has 1 heterocycles. The van der Waals surface area contributed by atoms with E-state index in [2.05, 4.69) is 15.6 Å². The lowest BCUT2D eigenvalue weighted by atomic mass is 9.84. The number of phenolic OH excluding ortho intramolecular Hbond substituents is 1. The second-order valence-electron chi connectivity index (χ2n) is 9.10. The van der Waals surface area contributed by atoms with Gasteiger partial charge in [0.05, 0.1) is 0 Å². The molecule has 3 amide bonds. The second-order valence-corrected chi connectivity index (χ2v) is 9.10. The van der Waals surface area contributed by atoms with E-state index in [1.54, 1.807) is 30.3 Å². The van der Waals surface area contributed by atoms with Crippen LogP contribution in [0.5, 0.6) is 5.75 Å². The monoisotopic (exact) mass is 475 g/mol. The molecule has 2 aromatic carbocycles. The van der Waals surface area contributed by atoms with E-state index >= 15 is 0 Å². The first-order chi connectivity index (χ1) is 16.6. The van der Waals surface area contributed by atoms with E-state index < -0.39 is 23.9 Å². The molecule has 0 fully saturated rings. The van der Waals surface area contributed by atoms with Crippen LogP contribution in [0.25, 0.3) is 0 Å². The normalized spacial score (nSPS) is 11.9. The molecule has 0 aliphatic rings. The Kier molecular flexibility index (Phi) is 8.20. The van der Waals surface area contributed by atoms with Crippen LogP contribution in [0.3, 0.4) is 0 Å². The summed E-state index contributed by atoms with van der Waals surface area (Å²) in [5, 5.41) is 15.1. The van der Waals surface area contributed by atoms with Gasteiger partial charge in [0.15, 0.2) is 0 Å². The topological polar surface area (TPSA) is 118 Å². The van der Waals surface area contributed by atoms with Gasteiger partial charge < -0.3 is 15.2 Å². The third kappa shape index (κ3) is 7.40. The molecule has 0 spiro atoms. The number of aromatic hydroxyl groups is 1. The predicted molar refractivity (Wildman–Crippen MR) is 131 cm³/mol. The van der Waals surface area contributed by atoms with Gasteiger partial charge in [0.25, 0.3) is 5.91 Å². The molecule has 35 heavy (non-hydrogen) atoms. The SMILES string of the molecule is CC(C)(C)c1cc(C[C@H](NC(=O)OCc2ccccc2)C(=O)NC(=O)c2ccccn2)ccc1O. The van der Waals surface area contributed by atoms with E-state index in [1.165, 1.54) is 12.3 Å². The molecule has 1 atom stereocenters. The zero-order chi connectivity index (χ0) is 25.4. The number of ether oxygens (including phenoxy) is 1. The summed E-state index contributed by atoms with van der Waals surface area (Å²) in [7, 11) is 0. The van der Waals surface area contributed by atoms with Crippen molar-refractivity contribution in [2.24, 2.45) is 0 Å². The molecule has 182 valence electrons. The van der Waals surface area contributed by atoms with Gasteiger partial charge >= 0.3 is 6.09 Å². The number of hydrogen-bond donors (Lipinski definition) is 3. The summed E-state index contributed by atoms with van der Waals surface area (Å²) in [6.45, 7) is 5.91. The summed E-state index contributed by atoms with van der Waals surface area (Å²) >= 11 is 0. The molecule has 3 aromatic rings. The van der Waals surface area contributed by atoms with Gasteiger partial charge in [-0.25, -0.2) is 4.79 Å². The Morgan fingerprint density at radius 1 is 0.971 bits per heavy atom. The number of aromatic nitrogens is 1. The van der Waals surface area contributed by atoms with Crippen molar-refractivity contribution in [3.05, 3.63) is 95.3 Å². The molecule has 3 rings (SSSR count). The molecule has 0 saturated heterocycles. The maximum atomic E-state index is 13.0. The number of phenols is 1. The molecule has 0 saturated carbocycles. The minimum absolute atomic E-state index is 0.0290. The fourth-order valence-electron chi connectivity index (χ4n) is 3.42. The lowest BCUT2D eigenvalue weighted by molar-refractivity contribution is -0.122. The van der Waals surface area contributed by atoms with Gasteiger partial charge in [0, 0.05) is 12.6 Å². The fourth-order valence-corrected chi connectivity index (χ4v) is 3.42. The van der Waals surface area contributed by atoms with Gasteiger partial charge in [-0.05, 0) is 40.3 Å². The Morgan fingerprint density at radius 3 is 2.34 bits per heavy atom. The smallest absolute Gasteiger partial charge is 0.408 e. The highest BCUT2D eigenvalue weighted by molar-refractivity contribution is 6.05. The van der Waals surface area contributed by atoms with E-state index in [1.807, 2.05) is 51.1 Å². The average Bonchev–Trinajstić information content (AvgIpc) is 2.84. The molecule has 0 aliphatic carbocycles. The summed E-state index contributed by atoms with van der Waals surface area (Å²) in [4.78, 5) is 41.9. The predicted octanol–water partition coefficient (Wildman–Crippen LogP) is 3.88. The molecular weight excluding hydrogens is 446 g/mol. The largest absolute Gasteiger partial charge is 0.508 e. The lowest BCUT2D eigenvalue weighted by Gasteiger charge is -2.23. The van der Waals surface area contributed by atoms with Crippen LogP contribution in [-0.4, -0.2) is 34.0 Å². The first-order valence-corrected chi connectivity index (χ1v) is 11.2. The number of benzene rings is 2. The molecule has 3 N–H and O–H groups in total. The van der Waals surface area contributed by atoms with Crippen molar-refractivity contribution in [1.29, 1.82) is 0 Å². The number of carbonyl (C=O) groups excluding carboxylic acids is 3. The average molecular weight is 476 g/mol. The Labute approximate surface area is 204 Å². The summed E-state index contributed by atoms with van der Waals surface area (Å²) in [5.41, 5.74) is 1.93. The van der Waals surface area contributed by atoms with Crippen molar-refractivity contribution >= 4 is 17.9 Å². The molecular formula is C27H29N3O5. The quantitative estimate of drug-likeness (QED) is 0.477. The van der Waals surface area contributed by atoms with Crippen molar-refractivity contribution < 1.29 is 24.2 Å². The molecule has 0 radical (unpaired) electrons. The van der Waals surface area contributed by atoms with Crippen LogP contribution in [0.1, 0.15) is 48.0 Å². The first kappa shape index (κ1) is 25.4. The van der Waals surface area contributed by atoms with Gasteiger partial charge in [0.2, 0.25) is 5.91 Å². The maximum absolute atomic E-state index is 13.0. The minimum atomic E-state index is -1.11. The highest BCUT2D eigenvalue weighted by Crippen LogP contribution is 2.31. The molecule has 8 nitrogen and oxygen atoms in total. The van der Waals surface area contributed by atoms with Crippen LogP contribution in [0, 0.1) is 0 Å². The third-order valence-corrected chi connectivity index (χ3v) is 5.26. The summed E-state index contributed by atoms with van der Waals surface area (Å²) in [5.74, 6) is -1.24. The van der Waals surface area contributed by atoms with Crippen LogP contribution >= 0.6 is 0 Å². The summed E-state index contributed by atoms with van der Waals surface area (Å²) in [6, 6.07) is 17.8. The van der Waals surface area contributed by atoms with Gasteiger partial charge in [-0.3, -0.25) is 19.9 Å². The summed E-state index contributed by atoms with van der Waals surface area (Å²) in [6.07, 6.45) is 0.722. The van der Waals surface area contributed by atoms with Gasteiger partial charge in [-0.15, -0.1) is 0 Å². The third-order valence-electron chi connectivity index (χ3n) is 5.26. The number of nitrogens with zero attached hydrogens (tertiary/aromatic N) is 1. The number of pyridine rings is 1. The van der Waals surface area contributed by atoms with Crippen LogP contribution in [0.2, 0.25) is 0 Å². The van der Waals surface area contributed by atoms with E-state index in [9.17, 15) is 19.5 Å². The van der Waals surface area contributed by atoms with Crippen LogP contribution in [0.4, 0.5) is 4.79 Å². The molecule has 1 aromatic heterocycles. The maximum Gasteiger partial charge on any atom is 0.408 e. The van der Waals surface area contributed by atoms with E-state index in [0.717, 1.165) is 5.56 Å². The van der Waals surface area contributed by atoms with E-state index in [0.29, 0.717) is 11.1 Å². The lowest BCUT2D eigenvalue weighted by Crippen LogP contribution is -2.49. The van der Waals surface area contributed by atoms with Crippen molar-refractivity contribution in [3.63, 3.8) is 0 Å². The fraction of sp³-hybridized carbons (Fsp3) is 0.259. The number of amides is 3. The number of imide groups is 1. The molecule has 0 bridgehead atoms. The van der Waals surface area contributed by atoms with Crippen molar-refractivity contribution in [2.75, 3.05) is 0 Å². The summed E-state index contributed by atoms with van der Waals surface area (Å²) < 4.78 is 5.27. The number of rotatable bonds is 7. The van der Waals surface area contributed by atoms with Gasteiger partial charge in [-0.2, -0.15) is 0 Å². The van der Waals surface area contributed by atoms with E-state index in [4.69, 9.17) is 4.74 Å². The Balaban J connectivity index is 1.77. The van der Waals surface area contributed by atoms with E-state index in [-0.39, 0.29) is 29.9 Å².